The zero-order chi connectivity index (χ0) is 26.1. The first-order valence-corrected chi connectivity index (χ1v) is 13.3. The Bertz CT molecular complexity index is 1360. The number of likely N-dealkylation sites (N-methyl/N-ethyl adjacent to an activating group) is 1. The monoisotopic (exact) mass is 509 g/mol. The maximum Gasteiger partial charge on any atom is 0.323 e. The number of hydrogen-bond donors (Lipinski definition) is 2. The third kappa shape index (κ3) is 5.05. The fraction of sp³-hybridized carbons (Fsp3) is 0.379. The summed E-state index contributed by atoms with van der Waals surface area (Å²) < 4.78 is 6.09. The Morgan fingerprint density at radius 3 is 2.32 bits per heavy atom. The quantitative estimate of drug-likeness (QED) is 0.525. The Hall–Kier alpha value is -4.00. The molecule has 1 aromatic heterocycles. The van der Waals surface area contributed by atoms with Gasteiger partial charge in [-0.05, 0) is 74.3 Å². The number of ether oxygens (including phenoxy) is 1. The van der Waals surface area contributed by atoms with Crippen LogP contribution < -0.4 is 15.5 Å². The summed E-state index contributed by atoms with van der Waals surface area (Å²) in [4.78, 5) is 27.4. The van der Waals surface area contributed by atoms with Crippen molar-refractivity contribution in [1.29, 1.82) is 5.26 Å². The number of hydrogen-bond acceptors (Lipinski definition) is 7. The number of aromatic nitrogens is 2. The van der Waals surface area contributed by atoms with Crippen LogP contribution in [0.4, 0.5) is 22.0 Å². The van der Waals surface area contributed by atoms with E-state index >= 15 is 0 Å². The van der Waals surface area contributed by atoms with Crippen molar-refractivity contribution in [1.82, 2.24) is 14.9 Å². The predicted molar refractivity (Wildman–Crippen MR) is 146 cm³/mol. The lowest BCUT2D eigenvalue weighted by molar-refractivity contribution is 0.0301. The van der Waals surface area contributed by atoms with E-state index in [9.17, 15) is 4.79 Å². The molecule has 38 heavy (non-hydrogen) atoms. The summed E-state index contributed by atoms with van der Waals surface area (Å²) in [6.45, 7) is 6.82. The fourth-order valence-corrected chi connectivity index (χ4v) is 5.54. The Labute approximate surface area is 222 Å². The van der Waals surface area contributed by atoms with Gasteiger partial charge in [-0.2, -0.15) is 5.26 Å². The lowest BCUT2D eigenvalue weighted by Crippen LogP contribution is -2.44. The van der Waals surface area contributed by atoms with Crippen LogP contribution in [-0.2, 0) is 17.7 Å². The number of anilines is 3. The highest BCUT2D eigenvalue weighted by atomic mass is 16.5. The van der Waals surface area contributed by atoms with Gasteiger partial charge in [-0.3, -0.25) is 4.90 Å². The Morgan fingerprint density at radius 2 is 1.68 bits per heavy atom. The second-order valence-corrected chi connectivity index (χ2v) is 10.1. The summed E-state index contributed by atoms with van der Waals surface area (Å²) in [5, 5.41) is 14.6. The number of morpholine rings is 1. The van der Waals surface area contributed by atoms with Crippen molar-refractivity contribution < 1.29 is 9.53 Å². The summed E-state index contributed by atoms with van der Waals surface area (Å²) in [6, 6.07) is 16.1. The molecule has 0 saturated carbocycles. The van der Waals surface area contributed by atoms with Crippen molar-refractivity contribution >= 4 is 23.2 Å². The van der Waals surface area contributed by atoms with Gasteiger partial charge in [0, 0.05) is 48.7 Å². The van der Waals surface area contributed by atoms with Gasteiger partial charge in [0.1, 0.15) is 5.82 Å². The van der Waals surface area contributed by atoms with Crippen molar-refractivity contribution in [3.05, 3.63) is 65.4 Å². The van der Waals surface area contributed by atoms with Crippen LogP contribution in [0.1, 0.15) is 36.6 Å². The Morgan fingerprint density at radius 1 is 1.03 bits per heavy atom. The molecule has 2 saturated heterocycles. The number of nitriles is 1. The lowest BCUT2D eigenvalue weighted by Gasteiger charge is -2.36. The number of benzene rings is 2. The molecule has 2 unspecified atom stereocenters. The highest BCUT2D eigenvalue weighted by Crippen LogP contribution is 2.34. The van der Waals surface area contributed by atoms with E-state index in [0.717, 1.165) is 69.1 Å². The van der Waals surface area contributed by atoms with E-state index < -0.39 is 0 Å². The van der Waals surface area contributed by atoms with Crippen LogP contribution in [0.2, 0.25) is 0 Å². The standard InChI is InChI=1S/C29H31N7O2/c1-2-35-14-13-25-26(18-35)33-27(34-28(25)36-16-23-11-12-24(17-36)38-23)20-5-9-22(10-6-20)32-29(37)31-21-7-3-19(15-30)4-8-21/h3-10,23-24H,2,11-14,16-18H2,1H3,(H2,31,32,37). The molecule has 3 aliphatic rings. The van der Waals surface area contributed by atoms with E-state index in [-0.39, 0.29) is 6.03 Å². The molecule has 9 heteroatoms. The molecule has 0 radical (unpaired) electrons. The van der Waals surface area contributed by atoms with Crippen molar-refractivity contribution in [3.63, 3.8) is 0 Å². The van der Waals surface area contributed by atoms with Gasteiger partial charge in [0.05, 0.1) is 29.5 Å². The molecule has 4 heterocycles. The molecule has 194 valence electrons. The van der Waals surface area contributed by atoms with Gasteiger partial charge in [0.15, 0.2) is 5.82 Å². The molecule has 2 aromatic carbocycles. The van der Waals surface area contributed by atoms with Crippen LogP contribution in [0, 0.1) is 11.3 Å². The van der Waals surface area contributed by atoms with Crippen LogP contribution in [0.3, 0.4) is 0 Å². The minimum Gasteiger partial charge on any atom is -0.371 e. The summed E-state index contributed by atoms with van der Waals surface area (Å²) in [7, 11) is 0. The molecule has 2 bridgehead atoms. The first kappa shape index (κ1) is 24.3. The van der Waals surface area contributed by atoms with Crippen molar-refractivity contribution in [2.45, 2.75) is 44.9 Å². The van der Waals surface area contributed by atoms with Crippen LogP contribution in [0.25, 0.3) is 11.4 Å². The first-order chi connectivity index (χ1) is 18.6. The third-order valence-electron chi connectivity index (χ3n) is 7.59. The number of nitrogens with one attached hydrogen (secondary N) is 2. The van der Waals surface area contributed by atoms with Crippen LogP contribution in [0.5, 0.6) is 0 Å². The molecule has 0 spiro atoms. The minimum atomic E-state index is -0.351. The summed E-state index contributed by atoms with van der Waals surface area (Å²) >= 11 is 0. The molecule has 9 nitrogen and oxygen atoms in total. The number of carbonyl (C=O) groups excluding carboxylic acids is 1. The third-order valence-corrected chi connectivity index (χ3v) is 7.59. The smallest absolute Gasteiger partial charge is 0.323 e. The number of fused-ring (bicyclic) bond motifs is 3. The SMILES string of the molecule is CCN1CCc2c(nc(-c3ccc(NC(=O)Nc4ccc(C#N)cc4)cc3)nc2N2CC3CCC(C2)O3)C1. The molecule has 2 amide bonds. The molecule has 2 N–H and O–H groups in total. The van der Waals surface area contributed by atoms with Gasteiger partial charge in [-0.25, -0.2) is 14.8 Å². The van der Waals surface area contributed by atoms with E-state index in [4.69, 9.17) is 20.0 Å². The molecule has 6 rings (SSSR count). The highest BCUT2D eigenvalue weighted by Gasteiger charge is 2.36. The van der Waals surface area contributed by atoms with Crippen molar-refractivity contribution in [3.8, 4) is 17.5 Å². The summed E-state index contributed by atoms with van der Waals surface area (Å²) in [6.07, 6.45) is 3.79. The summed E-state index contributed by atoms with van der Waals surface area (Å²) in [5.41, 5.74) is 5.13. The zero-order valence-corrected chi connectivity index (χ0v) is 21.5. The lowest BCUT2D eigenvalue weighted by atomic mass is 10.0. The van der Waals surface area contributed by atoms with Gasteiger partial charge in [-0.1, -0.05) is 6.92 Å². The largest absolute Gasteiger partial charge is 0.371 e. The van der Waals surface area contributed by atoms with E-state index in [1.54, 1.807) is 24.3 Å². The number of rotatable bonds is 5. The average Bonchev–Trinajstić information content (AvgIpc) is 3.29. The maximum absolute atomic E-state index is 12.5. The Balaban J connectivity index is 1.22. The molecule has 2 fully saturated rings. The number of amides is 2. The predicted octanol–water partition coefficient (Wildman–Crippen LogP) is 4.40. The van der Waals surface area contributed by atoms with Crippen molar-refractivity contribution in [2.24, 2.45) is 0 Å². The normalized spacial score (nSPS) is 20.5. The number of nitrogens with zero attached hydrogens (tertiary/aromatic N) is 5. The van der Waals surface area contributed by atoms with E-state index in [2.05, 4.69) is 33.4 Å². The number of urea groups is 1. The maximum atomic E-state index is 12.5. The minimum absolute atomic E-state index is 0.291. The molecule has 3 aliphatic heterocycles. The van der Waals surface area contributed by atoms with E-state index in [1.807, 2.05) is 24.3 Å². The van der Waals surface area contributed by atoms with Crippen molar-refractivity contribution in [2.75, 3.05) is 41.7 Å². The molecule has 0 aliphatic carbocycles. The van der Waals surface area contributed by atoms with Gasteiger partial charge >= 0.3 is 6.03 Å². The van der Waals surface area contributed by atoms with Gasteiger partial charge in [0.2, 0.25) is 0 Å². The second-order valence-electron chi connectivity index (χ2n) is 10.1. The topological polar surface area (TPSA) is 106 Å². The summed E-state index contributed by atoms with van der Waals surface area (Å²) in [5.74, 6) is 1.77. The first-order valence-electron chi connectivity index (χ1n) is 13.3. The van der Waals surface area contributed by atoms with Crippen LogP contribution in [0.15, 0.2) is 48.5 Å². The second kappa shape index (κ2) is 10.4. The molecule has 3 aromatic rings. The molecule has 2 atom stereocenters. The average molecular weight is 510 g/mol. The number of carbonyl (C=O) groups is 1. The fourth-order valence-electron chi connectivity index (χ4n) is 5.54. The Kier molecular flexibility index (Phi) is 6.66. The van der Waals surface area contributed by atoms with E-state index in [1.165, 1.54) is 5.56 Å². The van der Waals surface area contributed by atoms with E-state index in [0.29, 0.717) is 35.0 Å². The van der Waals surface area contributed by atoms with Gasteiger partial charge in [-0.15, -0.1) is 0 Å². The zero-order valence-electron chi connectivity index (χ0n) is 21.5. The molecular weight excluding hydrogens is 478 g/mol. The highest BCUT2D eigenvalue weighted by molar-refractivity contribution is 5.99. The van der Waals surface area contributed by atoms with Crippen LogP contribution in [-0.4, -0.2) is 59.3 Å². The van der Waals surface area contributed by atoms with Gasteiger partial charge in [0.25, 0.3) is 0 Å². The van der Waals surface area contributed by atoms with Crippen LogP contribution >= 0.6 is 0 Å². The van der Waals surface area contributed by atoms with Gasteiger partial charge < -0.3 is 20.3 Å². The molecular formula is C29H31N7O2.